The van der Waals surface area contributed by atoms with Crippen molar-refractivity contribution in [2.24, 2.45) is 0 Å². The largest absolute Gasteiger partial charge is 0.313 e. The summed E-state index contributed by atoms with van der Waals surface area (Å²) in [6, 6.07) is 0. The average Bonchev–Trinajstić information content (AvgIpc) is 1.65. The fourth-order valence-corrected chi connectivity index (χ4v) is 0.223. The molecule has 0 saturated carbocycles. The van der Waals surface area contributed by atoms with Crippen molar-refractivity contribution in [2.45, 2.75) is 6.92 Å². The molecule has 0 aliphatic carbocycles. The molecule has 0 unspecified atom stereocenters. The lowest BCUT2D eigenvalue weighted by molar-refractivity contribution is -0.123. The van der Waals surface area contributed by atoms with E-state index in [0.717, 1.165) is 0 Å². The van der Waals surface area contributed by atoms with Crippen LogP contribution in [0, 0.1) is 0 Å². The Bertz CT molecular complexity index is 91.7. The van der Waals surface area contributed by atoms with Crippen molar-refractivity contribution >= 4 is 23.6 Å². The summed E-state index contributed by atoms with van der Waals surface area (Å²) < 4.78 is 0. The van der Waals surface area contributed by atoms with Gasteiger partial charge in [0.2, 0.25) is 5.91 Å². The van der Waals surface area contributed by atoms with Crippen LogP contribution in [0.5, 0.6) is 0 Å². The predicted octanol–water partition coefficient (Wildman–Crippen LogP) is 0.422. The van der Waals surface area contributed by atoms with Crippen LogP contribution in [-0.4, -0.2) is 23.3 Å². The van der Waals surface area contributed by atoms with Gasteiger partial charge in [0, 0.05) is 14.0 Å². The van der Waals surface area contributed by atoms with Crippen molar-refractivity contribution in [3.63, 3.8) is 0 Å². The predicted molar refractivity (Wildman–Crippen MR) is 32.1 cm³/mol. The Hall–Kier alpha value is -0.440. The van der Waals surface area contributed by atoms with Gasteiger partial charge in [-0.15, -0.1) is 0 Å². The monoisotopic (exact) mass is 117 g/mol. The van der Waals surface area contributed by atoms with E-state index in [9.17, 15) is 4.79 Å². The SMILES string of the molecule is CC(=O)N(C)C=S. The molecule has 0 atom stereocenters. The first-order chi connectivity index (χ1) is 3.18. The van der Waals surface area contributed by atoms with E-state index in [1.54, 1.807) is 7.05 Å². The van der Waals surface area contributed by atoms with E-state index in [4.69, 9.17) is 0 Å². The highest BCUT2D eigenvalue weighted by atomic mass is 32.1. The Morgan fingerprint density at radius 3 is 2.29 bits per heavy atom. The van der Waals surface area contributed by atoms with Gasteiger partial charge in [0.25, 0.3) is 0 Å². The van der Waals surface area contributed by atoms with Crippen molar-refractivity contribution in [1.29, 1.82) is 0 Å². The molecule has 0 aromatic carbocycles. The first kappa shape index (κ1) is 6.56. The summed E-state index contributed by atoms with van der Waals surface area (Å²) in [5, 5.41) is 0. The molecule has 3 heteroatoms. The van der Waals surface area contributed by atoms with Gasteiger partial charge in [0.1, 0.15) is 0 Å². The van der Waals surface area contributed by atoms with Crippen LogP contribution in [0.25, 0.3) is 0 Å². The molecule has 0 aromatic heterocycles. The van der Waals surface area contributed by atoms with Gasteiger partial charge in [-0.3, -0.25) is 4.79 Å². The zero-order valence-corrected chi connectivity index (χ0v) is 5.16. The maximum Gasteiger partial charge on any atom is 0.223 e. The van der Waals surface area contributed by atoms with E-state index in [0.29, 0.717) is 0 Å². The molecule has 0 aliphatic rings. The number of hydrogen-bond acceptors (Lipinski definition) is 2. The van der Waals surface area contributed by atoms with Crippen LogP contribution in [0.1, 0.15) is 6.92 Å². The third kappa shape index (κ3) is 2.28. The maximum absolute atomic E-state index is 10.2. The number of nitrogens with zero attached hydrogens (tertiary/aromatic N) is 1. The first-order valence-electron chi connectivity index (χ1n) is 1.87. The van der Waals surface area contributed by atoms with E-state index in [1.807, 2.05) is 0 Å². The van der Waals surface area contributed by atoms with E-state index < -0.39 is 0 Å². The molecule has 0 N–H and O–H groups in total. The van der Waals surface area contributed by atoms with Crippen LogP contribution < -0.4 is 0 Å². The number of hydrogen-bond donors (Lipinski definition) is 0. The molecule has 0 spiro atoms. The molecule has 0 radical (unpaired) electrons. The second-order valence-electron chi connectivity index (χ2n) is 1.24. The fraction of sp³-hybridized carbons (Fsp3) is 0.500. The molecule has 2 nitrogen and oxygen atoms in total. The number of rotatable bonds is 1. The highest BCUT2D eigenvalue weighted by molar-refractivity contribution is 7.78. The van der Waals surface area contributed by atoms with E-state index in [1.165, 1.54) is 17.3 Å². The first-order valence-corrected chi connectivity index (χ1v) is 2.34. The lowest BCUT2D eigenvalue weighted by Crippen LogP contribution is -2.20. The minimum atomic E-state index is -0.0324. The average molecular weight is 117 g/mol. The molecule has 40 valence electrons. The summed E-state index contributed by atoms with van der Waals surface area (Å²) in [4.78, 5) is 11.5. The smallest absolute Gasteiger partial charge is 0.223 e. The second-order valence-corrected chi connectivity index (χ2v) is 1.45. The van der Waals surface area contributed by atoms with Gasteiger partial charge in [0.05, 0.1) is 5.49 Å². The van der Waals surface area contributed by atoms with Gasteiger partial charge in [-0.2, -0.15) is 0 Å². The fourth-order valence-electron chi connectivity index (χ4n) is 0.0742. The topological polar surface area (TPSA) is 20.3 Å². The van der Waals surface area contributed by atoms with Gasteiger partial charge < -0.3 is 4.90 Å². The summed E-state index contributed by atoms with van der Waals surface area (Å²) in [6.07, 6.45) is 0. The minimum absolute atomic E-state index is 0.0324. The number of carbonyl (C=O) groups is 1. The molecule has 0 aliphatic heterocycles. The molecule has 0 saturated heterocycles. The lowest BCUT2D eigenvalue weighted by Gasteiger charge is -2.02. The quantitative estimate of drug-likeness (QED) is 0.464. The van der Waals surface area contributed by atoms with Crippen LogP contribution in [0.15, 0.2) is 0 Å². The van der Waals surface area contributed by atoms with Gasteiger partial charge in [-0.1, -0.05) is 12.2 Å². The molecular formula is C4H7NOS. The van der Waals surface area contributed by atoms with Gasteiger partial charge >= 0.3 is 0 Å². The zero-order chi connectivity index (χ0) is 5.86. The third-order valence-electron chi connectivity index (χ3n) is 0.655. The van der Waals surface area contributed by atoms with Crippen LogP contribution in [-0.2, 0) is 4.79 Å². The summed E-state index contributed by atoms with van der Waals surface area (Å²) in [5.41, 5.74) is 1.31. The maximum atomic E-state index is 10.2. The Balaban J connectivity index is 3.55. The molecule has 1 amide bonds. The lowest BCUT2D eigenvalue weighted by atomic mass is 10.7. The summed E-state index contributed by atoms with van der Waals surface area (Å²) in [5.74, 6) is -0.0324. The van der Waals surface area contributed by atoms with Crippen LogP contribution in [0.2, 0.25) is 0 Å². The molecule has 0 fully saturated rings. The zero-order valence-electron chi connectivity index (χ0n) is 4.34. The Morgan fingerprint density at radius 1 is 1.86 bits per heavy atom. The summed E-state index contributed by atoms with van der Waals surface area (Å²) in [6.45, 7) is 1.46. The van der Waals surface area contributed by atoms with Crippen molar-refractivity contribution in [3.8, 4) is 0 Å². The van der Waals surface area contributed by atoms with Crippen LogP contribution >= 0.6 is 12.2 Å². The summed E-state index contributed by atoms with van der Waals surface area (Å²) in [7, 11) is 1.62. The Morgan fingerprint density at radius 2 is 2.29 bits per heavy atom. The molecule has 0 rings (SSSR count). The Kier molecular flexibility index (Phi) is 2.52. The molecule has 0 bridgehead atoms. The van der Waals surface area contributed by atoms with E-state index >= 15 is 0 Å². The number of carbonyl (C=O) groups excluding carboxylic acids is 1. The Labute approximate surface area is 48.1 Å². The van der Waals surface area contributed by atoms with Crippen molar-refractivity contribution in [3.05, 3.63) is 0 Å². The van der Waals surface area contributed by atoms with Crippen molar-refractivity contribution in [1.82, 2.24) is 4.90 Å². The van der Waals surface area contributed by atoms with Gasteiger partial charge in [-0.05, 0) is 0 Å². The second kappa shape index (κ2) is 2.69. The van der Waals surface area contributed by atoms with E-state index in [-0.39, 0.29) is 5.91 Å². The van der Waals surface area contributed by atoms with Crippen molar-refractivity contribution in [2.75, 3.05) is 7.05 Å². The third-order valence-corrected chi connectivity index (χ3v) is 0.971. The van der Waals surface area contributed by atoms with Gasteiger partial charge in [-0.25, -0.2) is 0 Å². The highest BCUT2D eigenvalue weighted by Crippen LogP contribution is 1.74. The van der Waals surface area contributed by atoms with E-state index in [2.05, 4.69) is 12.2 Å². The number of amides is 1. The molecule has 0 heterocycles. The normalized spacial score (nSPS) is 7.71. The molecule has 0 aromatic rings. The molecular weight excluding hydrogens is 110 g/mol. The number of thiocarbonyl (C=S) groups is 1. The van der Waals surface area contributed by atoms with Crippen molar-refractivity contribution < 1.29 is 4.79 Å². The summed E-state index contributed by atoms with van der Waals surface area (Å²) >= 11 is 4.43. The minimum Gasteiger partial charge on any atom is -0.313 e. The van der Waals surface area contributed by atoms with Crippen LogP contribution in [0.4, 0.5) is 0 Å². The van der Waals surface area contributed by atoms with Gasteiger partial charge in [0.15, 0.2) is 0 Å². The molecule has 7 heavy (non-hydrogen) atoms. The highest BCUT2D eigenvalue weighted by Gasteiger charge is 1.92. The standard InChI is InChI=1S/C4H7NOS/c1-4(6)5(2)3-7/h3H,1-2H3. The van der Waals surface area contributed by atoms with Crippen LogP contribution in [0.3, 0.4) is 0 Å².